The van der Waals surface area contributed by atoms with E-state index in [9.17, 15) is 31.5 Å². The Kier molecular flexibility index (Phi) is 9.84. The number of benzene rings is 1. The molecule has 10 heteroatoms. The minimum absolute atomic E-state index is 0.130. The summed E-state index contributed by atoms with van der Waals surface area (Å²) in [7, 11) is 0. The predicted octanol–water partition coefficient (Wildman–Crippen LogP) is 4.45. The molecule has 5 nitrogen and oxygen atoms in total. The molecule has 1 atom stereocenters. The van der Waals surface area contributed by atoms with Gasteiger partial charge in [0.15, 0.2) is 5.75 Å². The summed E-state index contributed by atoms with van der Waals surface area (Å²) < 4.78 is 80.3. The summed E-state index contributed by atoms with van der Waals surface area (Å²) in [6.07, 6.45) is 0.769. The molecule has 1 aromatic carbocycles. The van der Waals surface area contributed by atoms with Crippen molar-refractivity contribution in [3.05, 3.63) is 29.1 Å². The van der Waals surface area contributed by atoms with Crippen LogP contribution in [-0.2, 0) is 19.1 Å². The molecule has 0 bridgehead atoms. The Balaban J connectivity index is 2.41. The molecule has 0 N–H and O–H groups in total. The summed E-state index contributed by atoms with van der Waals surface area (Å²) in [6.45, 7) is 4.60. The number of hydrogen-bond donors (Lipinski definition) is 0. The van der Waals surface area contributed by atoms with Gasteiger partial charge in [-0.3, -0.25) is 9.59 Å². The van der Waals surface area contributed by atoms with Gasteiger partial charge in [-0.1, -0.05) is 27.2 Å². The average Bonchev–Trinajstić information content (AvgIpc) is 2.68. The van der Waals surface area contributed by atoms with Crippen LogP contribution >= 0.6 is 0 Å². The van der Waals surface area contributed by atoms with E-state index in [2.05, 4.69) is 4.74 Å². The zero-order valence-corrected chi connectivity index (χ0v) is 16.3. The van der Waals surface area contributed by atoms with Crippen LogP contribution in [0.3, 0.4) is 0 Å². The highest BCUT2D eigenvalue weighted by Gasteiger charge is 2.27. The molecule has 0 amide bonds. The number of halogens is 5. The number of rotatable bonds is 11. The second-order valence-electron chi connectivity index (χ2n) is 6.53. The fourth-order valence-corrected chi connectivity index (χ4v) is 2.33. The van der Waals surface area contributed by atoms with Crippen molar-refractivity contribution in [2.24, 2.45) is 5.92 Å². The zero-order chi connectivity index (χ0) is 22.1. The van der Waals surface area contributed by atoms with Gasteiger partial charge in [0.1, 0.15) is 19.3 Å². The molecule has 0 aliphatic heterocycles. The van der Waals surface area contributed by atoms with E-state index in [-0.39, 0.29) is 24.9 Å². The van der Waals surface area contributed by atoms with Crippen molar-refractivity contribution in [2.45, 2.75) is 52.6 Å². The molecule has 1 aromatic rings. The van der Waals surface area contributed by atoms with Gasteiger partial charge in [-0.05, 0) is 12.3 Å². The Morgan fingerprint density at radius 1 is 0.828 bits per heavy atom. The maximum atomic E-state index is 13.4. The SMILES string of the molecule is CCCC(OC(=O)CCC(=O)OCCOc1c(F)c(F)c(F)c(F)c1F)C(C)C. The normalized spacial score (nSPS) is 12.0. The predicted molar refractivity (Wildman–Crippen MR) is 91.5 cm³/mol. The Morgan fingerprint density at radius 3 is 1.86 bits per heavy atom. The van der Waals surface area contributed by atoms with Crippen molar-refractivity contribution >= 4 is 11.9 Å². The number of hydrogen-bond acceptors (Lipinski definition) is 5. The molecule has 0 aromatic heterocycles. The van der Waals surface area contributed by atoms with Crippen LogP contribution in [0.2, 0.25) is 0 Å². The van der Waals surface area contributed by atoms with E-state index in [1.54, 1.807) is 0 Å². The molecule has 0 radical (unpaired) electrons. The van der Waals surface area contributed by atoms with E-state index < -0.39 is 60.0 Å². The maximum Gasteiger partial charge on any atom is 0.306 e. The Hall–Kier alpha value is -2.39. The van der Waals surface area contributed by atoms with Crippen LogP contribution in [0.4, 0.5) is 22.0 Å². The first-order valence-electron chi connectivity index (χ1n) is 9.09. The molecule has 164 valence electrons. The summed E-state index contributed by atoms with van der Waals surface area (Å²) in [5, 5.41) is 0. The van der Waals surface area contributed by atoms with Gasteiger partial charge >= 0.3 is 11.9 Å². The van der Waals surface area contributed by atoms with Crippen LogP contribution < -0.4 is 4.74 Å². The second kappa shape index (κ2) is 11.6. The minimum Gasteiger partial charge on any atom is -0.484 e. The number of carbonyl (C=O) groups excluding carboxylic acids is 2. The third-order valence-electron chi connectivity index (χ3n) is 3.90. The highest BCUT2D eigenvalue weighted by Crippen LogP contribution is 2.28. The maximum absolute atomic E-state index is 13.4. The van der Waals surface area contributed by atoms with Gasteiger partial charge in [-0.2, -0.15) is 8.78 Å². The second-order valence-corrected chi connectivity index (χ2v) is 6.53. The molecular formula is C19H23F5O5. The summed E-state index contributed by atoms with van der Waals surface area (Å²) in [5.41, 5.74) is 0. The van der Waals surface area contributed by atoms with Crippen molar-refractivity contribution in [1.82, 2.24) is 0 Å². The van der Waals surface area contributed by atoms with E-state index in [4.69, 9.17) is 9.47 Å². The topological polar surface area (TPSA) is 61.8 Å². The van der Waals surface area contributed by atoms with Crippen LogP contribution in [-0.4, -0.2) is 31.3 Å². The minimum atomic E-state index is -2.30. The van der Waals surface area contributed by atoms with Crippen LogP contribution in [0, 0.1) is 35.0 Å². The van der Waals surface area contributed by atoms with Crippen LogP contribution in [0.1, 0.15) is 46.5 Å². The van der Waals surface area contributed by atoms with Gasteiger partial charge in [0.2, 0.25) is 29.1 Å². The largest absolute Gasteiger partial charge is 0.484 e. The monoisotopic (exact) mass is 426 g/mol. The van der Waals surface area contributed by atoms with Crippen molar-refractivity contribution < 1.29 is 45.8 Å². The molecule has 0 saturated heterocycles. The molecule has 0 spiro atoms. The zero-order valence-electron chi connectivity index (χ0n) is 16.3. The van der Waals surface area contributed by atoms with Gasteiger partial charge < -0.3 is 14.2 Å². The van der Waals surface area contributed by atoms with E-state index >= 15 is 0 Å². The molecule has 0 aliphatic rings. The summed E-state index contributed by atoms with van der Waals surface area (Å²) in [6, 6.07) is 0. The third kappa shape index (κ3) is 7.17. The van der Waals surface area contributed by atoms with Crippen molar-refractivity contribution in [3.8, 4) is 5.75 Å². The number of ether oxygens (including phenoxy) is 3. The molecule has 29 heavy (non-hydrogen) atoms. The third-order valence-corrected chi connectivity index (χ3v) is 3.90. The highest BCUT2D eigenvalue weighted by molar-refractivity contribution is 5.77. The highest BCUT2D eigenvalue weighted by atomic mass is 19.2. The van der Waals surface area contributed by atoms with Crippen LogP contribution in [0.5, 0.6) is 5.75 Å². The van der Waals surface area contributed by atoms with Crippen LogP contribution in [0.25, 0.3) is 0 Å². The fraction of sp³-hybridized carbons (Fsp3) is 0.579. The van der Waals surface area contributed by atoms with E-state index in [0.717, 1.165) is 6.42 Å². The molecule has 1 unspecified atom stereocenters. The molecule has 0 heterocycles. The van der Waals surface area contributed by atoms with Crippen molar-refractivity contribution in [2.75, 3.05) is 13.2 Å². The number of carbonyl (C=O) groups is 2. The molecule has 0 fully saturated rings. The van der Waals surface area contributed by atoms with E-state index in [0.29, 0.717) is 6.42 Å². The number of esters is 2. The lowest BCUT2D eigenvalue weighted by atomic mass is 10.0. The summed E-state index contributed by atoms with van der Waals surface area (Å²) in [5.74, 6) is -13.5. The van der Waals surface area contributed by atoms with Gasteiger partial charge in [0, 0.05) is 0 Å². The molecule has 0 aliphatic carbocycles. The van der Waals surface area contributed by atoms with Gasteiger partial charge in [0.05, 0.1) is 12.8 Å². The first kappa shape index (κ1) is 24.6. The van der Waals surface area contributed by atoms with Crippen molar-refractivity contribution in [3.63, 3.8) is 0 Å². The van der Waals surface area contributed by atoms with Crippen LogP contribution in [0.15, 0.2) is 0 Å². The van der Waals surface area contributed by atoms with Crippen molar-refractivity contribution in [1.29, 1.82) is 0 Å². The van der Waals surface area contributed by atoms with Gasteiger partial charge in [0.25, 0.3) is 0 Å². The Bertz CT molecular complexity index is 694. The van der Waals surface area contributed by atoms with E-state index in [1.807, 2.05) is 20.8 Å². The lowest BCUT2D eigenvalue weighted by molar-refractivity contribution is -0.155. The fourth-order valence-electron chi connectivity index (χ4n) is 2.33. The Labute approximate surface area is 165 Å². The average molecular weight is 426 g/mol. The van der Waals surface area contributed by atoms with Gasteiger partial charge in [-0.25, -0.2) is 13.2 Å². The van der Waals surface area contributed by atoms with E-state index in [1.165, 1.54) is 0 Å². The Morgan fingerprint density at radius 2 is 1.34 bits per heavy atom. The summed E-state index contributed by atoms with van der Waals surface area (Å²) >= 11 is 0. The lowest BCUT2D eigenvalue weighted by Crippen LogP contribution is -2.24. The quantitative estimate of drug-likeness (QED) is 0.172. The van der Waals surface area contributed by atoms with Gasteiger partial charge in [-0.15, -0.1) is 0 Å². The standard InChI is InChI=1S/C19H23F5O5/c1-4-5-11(10(2)3)29-13(26)7-6-12(25)27-8-9-28-19-17(23)15(21)14(20)16(22)18(19)24/h10-11H,4-9H2,1-3H3. The molecule has 1 rings (SSSR count). The smallest absolute Gasteiger partial charge is 0.306 e. The molecule has 0 saturated carbocycles. The summed E-state index contributed by atoms with van der Waals surface area (Å²) in [4.78, 5) is 23.4. The molecular weight excluding hydrogens is 403 g/mol. The lowest BCUT2D eigenvalue weighted by Gasteiger charge is -2.20. The first-order chi connectivity index (χ1) is 13.6. The first-order valence-corrected chi connectivity index (χ1v) is 9.09.